The van der Waals surface area contributed by atoms with Crippen molar-refractivity contribution in [2.24, 2.45) is 5.92 Å². The van der Waals surface area contributed by atoms with E-state index in [1.807, 2.05) is 0 Å². The Labute approximate surface area is 118 Å². The summed E-state index contributed by atoms with van der Waals surface area (Å²) in [5, 5.41) is 4.31. The Balaban J connectivity index is 1.70. The smallest absolute Gasteiger partial charge is 0.250 e. The molecule has 1 fully saturated rings. The van der Waals surface area contributed by atoms with Crippen molar-refractivity contribution < 1.29 is 4.79 Å². The number of nitrogen functional groups attached to an aromatic ring is 1. The lowest BCUT2D eigenvalue weighted by molar-refractivity contribution is 0.0875. The van der Waals surface area contributed by atoms with Crippen molar-refractivity contribution in [1.82, 2.24) is 14.8 Å². The highest BCUT2D eigenvalue weighted by molar-refractivity contribution is 5.81. The average Bonchev–Trinajstić information content (AvgIpc) is 3.09. The first-order valence-electron chi connectivity index (χ1n) is 7.41. The van der Waals surface area contributed by atoms with Crippen LogP contribution in [-0.2, 0) is 0 Å². The lowest BCUT2D eigenvalue weighted by atomic mass is 10.1. The lowest BCUT2D eigenvalue weighted by Gasteiger charge is -2.24. The van der Waals surface area contributed by atoms with Gasteiger partial charge >= 0.3 is 0 Å². The molecule has 0 radical (unpaired) electrons. The summed E-state index contributed by atoms with van der Waals surface area (Å²) >= 11 is 0. The summed E-state index contributed by atoms with van der Waals surface area (Å²) in [5.74, 6) is 1.06. The van der Waals surface area contributed by atoms with Crippen LogP contribution >= 0.6 is 0 Å². The highest BCUT2D eigenvalue weighted by Crippen LogP contribution is 2.22. The first kappa shape index (κ1) is 13.1. The SMILES string of the molecule is Nc1nc(N2CCCCC2)nn1C(=O)C[C@@H]1C=CCC1. The topological polar surface area (TPSA) is 77.0 Å². The number of rotatable bonds is 3. The molecule has 1 atom stereocenters. The van der Waals surface area contributed by atoms with Gasteiger partial charge in [0.2, 0.25) is 11.9 Å². The molecule has 2 heterocycles. The molecule has 3 rings (SSSR count). The Morgan fingerprint density at radius 2 is 2.15 bits per heavy atom. The molecule has 1 aliphatic heterocycles. The summed E-state index contributed by atoms with van der Waals surface area (Å²) in [4.78, 5) is 18.6. The molecule has 6 heteroatoms. The minimum Gasteiger partial charge on any atom is -0.368 e. The second kappa shape index (κ2) is 5.64. The van der Waals surface area contributed by atoms with Gasteiger partial charge in [0, 0.05) is 19.5 Å². The van der Waals surface area contributed by atoms with Crippen LogP contribution in [0.25, 0.3) is 0 Å². The van der Waals surface area contributed by atoms with Crippen LogP contribution in [0.15, 0.2) is 12.2 Å². The van der Waals surface area contributed by atoms with Gasteiger partial charge in [-0.3, -0.25) is 4.79 Å². The van der Waals surface area contributed by atoms with Gasteiger partial charge < -0.3 is 10.6 Å². The molecule has 20 heavy (non-hydrogen) atoms. The molecule has 1 aromatic rings. The van der Waals surface area contributed by atoms with Gasteiger partial charge in [-0.1, -0.05) is 12.2 Å². The number of allylic oxidation sites excluding steroid dienone is 2. The molecule has 0 aromatic carbocycles. The third kappa shape index (κ3) is 2.69. The minimum absolute atomic E-state index is 0.0604. The van der Waals surface area contributed by atoms with Crippen LogP contribution in [0.5, 0.6) is 0 Å². The summed E-state index contributed by atoms with van der Waals surface area (Å²) in [6, 6.07) is 0. The predicted octanol–water partition coefficient (Wildman–Crippen LogP) is 1.85. The van der Waals surface area contributed by atoms with Gasteiger partial charge in [0.25, 0.3) is 5.91 Å². The lowest BCUT2D eigenvalue weighted by Crippen LogP contribution is -2.30. The second-order valence-corrected chi connectivity index (χ2v) is 5.59. The van der Waals surface area contributed by atoms with Crippen molar-refractivity contribution in [2.75, 3.05) is 23.7 Å². The molecular weight excluding hydrogens is 254 g/mol. The molecule has 0 bridgehead atoms. The fourth-order valence-electron chi connectivity index (χ4n) is 2.90. The van der Waals surface area contributed by atoms with E-state index in [1.165, 1.54) is 11.1 Å². The highest BCUT2D eigenvalue weighted by atomic mass is 16.2. The van der Waals surface area contributed by atoms with Crippen LogP contribution in [0.1, 0.15) is 43.3 Å². The molecule has 108 valence electrons. The minimum atomic E-state index is -0.0604. The molecule has 1 aromatic heterocycles. The molecule has 6 nitrogen and oxygen atoms in total. The number of piperidine rings is 1. The first-order chi connectivity index (χ1) is 9.74. The quantitative estimate of drug-likeness (QED) is 0.852. The Morgan fingerprint density at radius 3 is 2.85 bits per heavy atom. The normalized spacial score (nSPS) is 22.4. The molecular formula is C14H21N5O. The second-order valence-electron chi connectivity index (χ2n) is 5.59. The van der Waals surface area contributed by atoms with Gasteiger partial charge in [0.15, 0.2) is 0 Å². The van der Waals surface area contributed by atoms with Crippen LogP contribution in [0.4, 0.5) is 11.9 Å². The first-order valence-corrected chi connectivity index (χ1v) is 7.41. The maximum atomic E-state index is 12.2. The molecule has 1 aliphatic carbocycles. The third-order valence-electron chi connectivity index (χ3n) is 4.05. The fourth-order valence-corrected chi connectivity index (χ4v) is 2.90. The summed E-state index contributed by atoms with van der Waals surface area (Å²) in [6.07, 6.45) is 10.3. The Bertz CT molecular complexity index is 516. The summed E-state index contributed by atoms with van der Waals surface area (Å²) in [6.45, 7) is 1.89. The Hall–Kier alpha value is -1.85. The van der Waals surface area contributed by atoms with Crippen molar-refractivity contribution in [3.05, 3.63) is 12.2 Å². The number of nitrogens with zero attached hydrogens (tertiary/aromatic N) is 4. The van der Waals surface area contributed by atoms with E-state index in [4.69, 9.17) is 5.73 Å². The van der Waals surface area contributed by atoms with E-state index in [0.717, 1.165) is 38.8 Å². The van der Waals surface area contributed by atoms with Gasteiger partial charge in [-0.2, -0.15) is 9.67 Å². The van der Waals surface area contributed by atoms with Crippen molar-refractivity contribution in [3.63, 3.8) is 0 Å². The van der Waals surface area contributed by atoms with Gasteiger partial charge in [-0.05, 0) is 38.0 Å². The van der Waals surface area contributed by atoms with Crippen molar-refractivity contribution in [3.8, 4) is 0 Å². The van der Waals surface area contributed by atoms with E-state index >= 15 is 0 Å². The molecule has 0 saturated carbocycles. The van der Waals surface area contributed by atoms with E-state index in [0.29, 0.717) is 18.3 Å². The van der Waals surface area contributed by atoms with Crippen LogP contribution in [0, 0.1) is 5.92 Å². The third-order valence-corrected chi connectivity index (χ3v) is 4.05. The molecule has 0 spiro atoms. The number of aromatic nitrogens is 3. The number of hydrogen-bond donors (Lipinski definition) is 1. The van der Waals surface area contributed by atoms with Crippen LogP contribution in [-0.4, -0.2) is 33.8 Å². The maximum absolute atomic E-state index is 12.2. The van der Waals surface area contributed by atoms with E-state index in [-0.39, 0.29) is 11.9 Å². The summed E-state index contributed by atoms with van der Waals surface area (Å²) < 4.78 is 1.27. The van der Waals surface area contributed by atoms with Gasteiger partial charge in [-0.15, -0.1) is 5.10 Å². The Kier molecular flexibility index (Phi) is 3.71. The average molecular weight is 275 g/mol. The van der Waals surface area contributed by atoms with Gasteiger partial charge in [0.1, 0.15) is 0 Å². The van der Waals surface area contributed by atoms with Gasteiger partial charge in [0.05, 0.1) is 0 Å². The summed E-state index contributed by atoms with van der Waals surface area (Å²) in [7, 11) is 0. The zero-order chi connectivity index (χ0) is 13.9. The fraction of sp³-hybridized carbons (Fsp3) is 0.643. The van der Waals surface area contributed by atoms with E-state index in [9.17, 15) is 4.79 Å². The highest BCUT2D eigenvalue weighted by Gasteiger charge is 2.22. The monoisotopic (exact) mass is 275 g/mol. The van der Waals surface area contributed by atoms with Crippen molar-refractivity contribution in [2.45, 2.75) is 38.5 Å². The van der Waals surface area contributed by atoms with Gasteiger partial charge in [-0.25, -0.2) is 0 Å². The van der Waals surface area contributed by atoms with E-state index in [1.54, 1.807) is 0 Å². The molecule has 0 unspecified atom stereocenters. The number of carbonyl (C=O) groups excluding carboxylic acids is 1. The van der Waals surface area contributed by atoms with Crippen LogP contribution in [0.3, 0.4) is 0 Å². The predicted molar refractivity (Wildman–Crippen MR) is 77.6 cm³/mol. The number of anilines is 2. The van der Waals surface area contributed by atoms with Crippen LogP contribution < -0.4 is 10.6 Å². The zero-order valence-electron chi connectivity index (χ0n) is 11.7. The van der Waals surface area contributed by atoms with Crippen LogP contribution in [0.2, 0.25) is 0 Å². The van der Waals surface area contributed by atoms with E-state index in [2.05, 4.69) is 27.1 Å². The molecule has 1 saturated heterocycles. The Morgan fingerprint density at radius 1 is 1.35 bits per heavy atom. The molecule has 0 amide bonds. The standard InChI is InChI=1S/C14H21N5O/c15-13-16-14(18-8-4-1-5-9-18)17-19(13)12(20)10-11-6-2-3-7-11/h2,6,11H,1,3-5,7-10H2,(H2,15,16,17)/t11-/m1/s1. The summed E-state index contributed by atoms with van der Waals surface area (Å²) in [5.41, 5.74) is 5.85. The van der Waals surface area contributed by atoms with Crippen molar-refractivity contribution >= 4 is 17.8 Å². The van der Waals surface area contributed by atoms with E-state index < -0.39 is 0 Å². The number of carbonyl (C=O) groups is 1. The zero-order valence-corrected chi connectivity index (χ0v) is 11.7. The largest absolute Gasteiger partial charge is 0.368 e. The van der Waals surface area contributed by atoms with Crippen molar-refractivity contribution in [1.29, 1.82) is 0 Å². The maximum Gasteiger partial charge on any atom is 0.250 e. The molecule has 2 aliphatic rings. The number of hydrogen-bond acceptors (Lipinski definition) is 5. The number of nitrogens with two attached hydrogens (primary N) is 1. The molecule has 2 N–H and O–H groups in total.